The van der Waals surface area contributed by atoms with Crippen LogP contribution in [0.15, 0.2) is 18.2 Å². The van der Waals surface area contributed by atoms with E-state index in [1.165, 1.54) is 38.9 Å². The maximum Gasteiger partial charge on any atom is 0 e. The summed E-state index contributed by atoms with van der Waals surface area (Å²) in [4.78, 5) is 0. The van der Waals surface area contributed by atoms with Crippen molar-refractivity contribution in [3.05, 3.63) is 57.1 Å². The Morgan fingerprint density at radius 3 is 1.44 bits per heavy atom. The number of hydrogen-bond acceptors (Lipinski definition) is 0. The molecule has 0 aromatic heterocycles. The van der Waals surface area contributed by atoms with Crippen LogP contribution in [0.1, 0.15) is 38.9 Å². The fourth-order valence-corrected chi connectivity index (χ4v) is 1.94. The quantitative estimate of drug-likeness (QED) is 0.473. The van der Waals surface area contributed by atoms with Crippen molar-refractivity contribution in [1.82, 2.24) is 0 Å². The SMILES string of the molecule is C[c-]1[cH-][c-](C)[c-](C)[c-]1C.Cc1cc[c-](C)c1C.[Fe]. The summed E-state index contributed by atoms with van der Waals surface area (Å²) < 4.78 is 0. The van der Waals surface area contributed by atoms with Gasteiger partial charge in [0, 0.05) is 17.1 Å². The average molecular weight is 284 g/mol. The Hall–Kier alpha value is -0.781. The molecule has 0 fully saturated rings. The van der Waals surface area contributed by atoms with Gasteiger partial charge in [-0.2, -0.15) is 22.8 Å². The molecule has 2 rings (SSSR count). The van der Waals surface area contributed by atoms with E-state index >= 15 is 0 Å². The third-order valence-corrected chi connectivity index (χ3v) is 3.94. The Balaban J connectivity index is 0.000000306. The third-order valence-electron chi connectivity index (χ3n) is 3.94. The zero-order valence-corrected chi connectivity index (χ0v) is 13.7. The summed E-state index contributed by atoms with van der Waals surface area (Å²) in [5.74, 6) is 0. The molecule has 0 bridgehead atoms. The number of rotatable bonds is 0. The summed E-state index contributed by atoms with van der Waals surface area (Å²) >= 11 is 0. The van der Waals surface area contributed by atoms with Gasteiger partial charge in [-0.25, -0.2) is 33.8 Å². The molecule has 0 aliphatic heterocycles. The molecule has 1 heteroatoms. The molecular formula is C17H24Fe-6. The molecule has 0 aliphatic carbocycles. The van der Waals surface area contributed by atoms with Crippen molar-refractivity contribution in [2.75, 3.05) is 0 Å². The van der Waals surface area contributed by atoms with E-state index in [4.69, 9.17) is 0 Å². The summed E-state index contributed by atoms with van der Waals surface area (Å²) in [6.45, 7) is 15.1. The number of hydrogen-bond donors (Lipinski definition) is 0. The molecule has 0 aliphatic rings. The molecule has 0 amide bonds. The molecule has 2 aromatic carbocycles. The summed E-state index contributed by atoms with van der Waals surface area (Å²) in [6.07, 6.45) is 0. The summed E-state index contributed by atoms with van der Waals surface area (Å²) in [5.41, 5.74) is 9.99. The summed E-state index contributed by atoms with van der Waals surface area (Å²) in [5, 5.41) is 0. The Labute approximate surface area is 123 Å². The van der Waals surface area contributed by atoms with Crippen molar-refractivity contribution >= 4 is 0 Å². The molecule has 0 nitrogen and oxygen atoms in total. The fraction of sp³-hybridized carbons (Fsp3) is 0.412. The largest absolute Gasteiger partial charge is 0.743 e. The van der Waals surface area contributed by atoms with Gasteiger partial charge < -0.3 is 28.3 Å². The molecule has 0 saturated heterocycles. The maximum absolute atomic E-state index is 2.24. The van der Waals surface area contributed by atoms with Crippen molar-refractivity contribution in [2.45, 2.75) is 48.5 Å². The van der Waals surface area contributed by atoms with E-state index in [0.717, 1.165) is 0 Å². The maximum atomic E-state index is 2.24. The van der Waals surface area contributed by atoms with Crippen LogP contribution in [0.5, 0.6) is 0 Å². The molecule has 0 heterocycles. The predicted octanol–water partition coefficient (Wildman–Crippen LogP) is 4.97. The second kappa shape index (κ2) is 6.97. The Morgan fingerprint density at radius 2 is 1.33 bits per heavy atom. The second-order valence-electron chi connectivity index (χ2n) is 5.08. The van der Waals surface area contributed by atoms with E-state index in [2.05, 4.69) is 66.7 Å². The van der Waals surface area contributed by atoms with Gasteiger partial charge in [-0.15, -0.1) is 0 Å². The van der Waals surface area contributed by atoms with E-state index < -0.39 is 0 Å². The molecule has 0 atom stereocenters. The monoisotopic (exact) mass is 284 g/mol. The van der Waals surface area contributed by atoms with E-state index in [0.29, 0.717) is 0 Å². The summed E-state index contributed by atoms with van der Waals surface area (Å²) in [7, 11) is 0. The molecular weight excluding hydrogens is 260 g/mol. The van der Waals surface area contributed by atoms with E-state index in [1.54, 1.807) is 0 Å². The normalized spacial score (nSPS) is 9.50. The van der Waals surface area contributed by atoms with Crippen LogP contribution >= 0.6 is 0 Å². The van der Waals surface area contributed by atoms with Crippen LogP contribution < -0.4 is 0 Å². The predicted molar refractivity (Wildman–Crippen MR) is 77.2 cm³/mol. The smallest absolute Gasteiger partial charge is 0 e. The summed E-state index contributed by atoms with van der Waals surface area (Å²) in [6, 6.07) is 6.56. The van der Waals surface area contributed by atoms with Crippen LogP contribution in [0.4, 0.5) is 0 Å². The first-order valence-corrected chi connectivity index (χ1v) is 6.24. The van der Waals surface area contributed by atoms with Crippen LogP contribution in [-0.2, 0) is 17.1 Å². The Kier molecular flexibility index (Phi) is 6.67. The van der Waals surface area contributed by atoms with Gasteiger partial charge in [0.2, 0.25) is 0 Å². The zero-order chi connectivity index (χ0) is 13.2. The van der Waals surface area contributed by atoms with Crippen molar-refractivity contribution < 1.29 is 17.1 Å². The van der Waals surface area contributed by atoms with Crippen molar-refractivity contribution in [3.63, 3.8) is 0 Å². The Morgan fingerprint density at radius 1 is 0.889 bits per heavy atom. The molecule has 0 spiro atoms. The van der Waals surface area contributed by atoms with Gasteiger partial charge in [0.05, 0.1) is 0 Å². The molecule has 18 heavy (non-hydrogen) atoms. The van der Waals surface area contributed by atoms with Crippen molar-refractivity contribution in [2.24, 2.45) is 0 Å². The van der Waals surface area contributed by atoms with Gasteiger partial charge in [0.25, 0.3) is 0 Å². The number of aryl methyl sites for hydroxylation is 4. The van der Waals surface area contributed by atoms with Crippen LogP contribution in [0, 0.1) is 48.5 Å². The van der Waals surface area contributed by atoms with E-state index in [1.807, 2.05) is 0 Å². The van der Waals surface area contributed by atoms with Gasteiger partial charge in [0.15, 0.2) is 0 Å². The molecule has 0 radical (unpaired) electrons. The Bertz CT molecular complexity index is 456. The molecule has 0 saturated carbocycles. The topological polar surface area (TPSA) is 0 Å². The molecule has 106 valence electrons. The van der Waals surface area contributed by atoms with Gasteiger partial charge in [0.1, 0.15) is 0 Å². The first-order chi connectivity index (χ1) is 7.84. The first-order valence-electron chi connectivity index (χ1n) is 6.24. The fourth-order valence-electron chi connectivity index (χ4n) is 1.94. The van der Waals surface area contributed by atoms with Crippen LogP contribution in [0.25, 0.3) is 0 Å². The van der Waals surface area contributed by atoms with Crippen molar-refractivity contribution in [3.8, 4) is 0 Å². The van der Waals surface area contributed by atoms with Gasteiger partial charge >= 0.3 is 0 Å². The van der Waals surface area contributed by atoms with Crippen LogP contribution in [0.3, 0.4) is 0 Å². The van der Waals surface area contributed by atoms with Crippen LogP contribution in [0.2, 0.25) is 0 Å². The standard InChI is InChI=1S/C9H13.C8H11.Fe/c1-6-5-7(2)9(4)8(6)3;1-6-4-5-7(2)8(6)3;/h5H,1-4H3;4-5H,1-3H3;/q-5;-1;. The zero-order valence-electron chi connectivity index (χ0n) is 12.6. The second-order valence-corrected chi connectivity index (χ2v) is 5.08. The first kappa shape index (κ1) is 17.2. The van der Waals surface area contributed by atoms with Gasteiger partial charge in [-0.1, -0.05) is 20.8 Å². The molecule has 0 unspecified atom stereocenters. The van der Waals surface area contributed by atoms with Gasteiger partial charge in [-0.05, 0) is 0 Å². The van der Waals surface area contributed by atoms with Gasteiger partial charge in [-0.3, -0.25) is 0 Å². The molecule has 2 aromatic rings. The van der Waals surface area contributed by atoms with Crippen LogP contribution in [-0.4, -0.2) is 0 Å². The van der Waals surface area contributed by atoms with Crippen molar-refractivity contribution in [1.29, 1.82) is 0 Å². The minimum atomic E-state index is 0. The average Bonchev–Trinajstić information content (AvgIpc) is 2.69. The van der Waals surface area contributed by atoms with E-state index in [9.17, 15) is 0 Å². The minimum Gasteiger partial charge on any atom is -0.743 e. The molecule has 0 N–H and O–H groups in total. The van der Waals surface area contributed by atoms with E-state index in [-0.39, 0.29) is 17.1 Å². The minimum absolute atomic E-state index is 0. The third kappa shape index (κ3) is 3.86.